The van der Waals surface area contributed by atoms with Crippen LogP contribution >= 0.6 is 11.3 Å². The Bertz CT molecular complexity index is 266. The van der Waals surface area contributed by atoms with Crippen LogP contribution in [0.3, 0.4) is 0 Å². The summed E-state index contributed by atoms with van der Waals surface area (Å²) in [5.41, 5.74) is 1.19. The number of hydrogen-bond donors (Lipinski definition) is 1. The van der Waals surface area contributed by atoms with Crippen LogP contribution in [0.4, 0.5) is 5.13 Å². The fraction of sp³-hybridized carbons (Fsp3) is 0.700. The fourth-order valence-electron chi connectivity index (χ4n) is 1.19. The highest BCUT2D eigenvalue weighted by Crippen LogP contribution is 2.24. The first-order valence-corrected chi connectivity index (χ1v) is 5.59. The molecule has 0 aliphatic carbocycles. The lowest BCUT2D eigenvalue weighted by Gasteiger charge is -2.01. The average Bonchev–Trinajstić information content (AvgIpc) is 2.43. The number of anilines is 1. The van der Waals surface area contributed by atoms with Crippen LogP contribution in [-0.4, -0.2) is 12.0 Å². The molecule has 0 atom stereocenters. The van der Waals surface area contributed by atoms with Crippen LogP contribution in [0, 0.1) is 12.8 Å². The Balaban J connectivity index is 2.60. The average molecular weight is 198 g/mol. The molecule has 0 amide bonds. The van der Waals surface area contributed by atoms with Gasteiger partial charge in [-0.1, -0.05) is 13.8 Å². The molecule has 1 aromatic heterocycles. The molecule has 74 valence electrons. The number of thiazole rings is 1. The summed E-state index contributed by atoms with van der Waals surface area (Å²) < 4.78 is 0. The number of rotatable bonds is 4. The van der Waals surface area contributed by atoms with Crippen LogP contribution in [-0.2, 0) is 6.42 Å². The van der Waals surface area contributed by atoms with E-state index >= 15 is 0 Å². The summed E-state index contributed by atoms with van der Waals surface area (Å²) in [5, 5.41) is 4.12. The molecule has 0 spiro atoms. The SMILES string of the molecule is CNc1nc(C)c(CCC(C)C)s1. The van der Waals surface area contributed by atoms with E-state index in [9.17, 15) is 0 Å². The minimum atomic E-state index is 0.777. The highest BCUT2D eigenvalue weighted by Gasteiger charge is 2.06. The molecule has 0 saturated carbocycles. The zero-order chi connectivity index (χ0) is 9.84. The van der Waals surface area contributed by atoms with E-state index in [2.05, 4.69) is 31.1 Å². The van der Waals surface area contributed by atoms with E-state index in [0.717, 1.165) is 11.0 Å². The number of aromatic nitrogens is 1. The van der Waals surface area contributed by atoms with Gasteiger partial charge < -0.3 is 5.32 Å². The van der Waals surface area contributed by atoms with Crippen molar-refractivity contribution in [2.45, 2.75) is 33.6 Å². The molecule has 1 rings (SSSR count). The second-order valence-electron chi connectivity index (χ2n) is 3.71. The van der Waals surface area contributed by atoms with Gasteiger partial charge in [0, 0.05) is 11.9 Å². The predicted octanol–water partition coefficient (Wildman–Crippen LogP) is 3.08. The summed E-state index contributed by atoms with van der Waals surface area (Å²) in [6.07, 6.45) is 2.43. The van der Waals surface area contributed by atoms with Crippen LogP contribution < -0.4 is 5.32 Å². The van der Waals surface area contributed by atoms with Crippen LogP contribution in [0.25, 0.3) is 0 Å². The van der Waals surface area contributed by atoms with E-state index in [1.54, 1.807) is 11.3 Å². The Morgan fingerprint density at radius 3 is 2.62 bits per heavy atom. The number of nitrogens with zero attached hydrogens (tertiary/aromatic N) is 1. The molecular weight excluding hydrogens is 180 g/mol. The molecule has 1 N–H and O–H groups in total. The summed E-state index contributed by atoms with van der Waals surface area (Å²) in [6.45, 7) is 6.61. The van der Waals surface area contributed by atoms with E-state index in [1.165, 1.54) is 23.4 Å². The predicted molar refractivity (Wildman–Crippen MR) is 59.6 cm³/mol. The molecule has 0 aliphatic rings. The maximum Gasteiger partial charge on any atom is 0.182 e. The van der Waals surface area contributed by atoms with Crippen LogP contribution in [0.1, 0.15) is 30.8 Å². The Morgan fingerprint density at radius 1 is 1.46 bits per heavy atom. The van der Waals surface area contributed by atoms with Crippen molar-refractivity contribution in [3.63, 3.8) is 0 Å². The zero-order valence-corrected chi connectivity index (χ0v) is 9.66. The first-order chi connectivity index (χ1) is 6.13. The van der Waals surface area contributed by atoms with Crippen molar-refractivity contribution in [2.75, 3.05) is 12.4 Å². The Hall–Kier alpha value is -0.570. The highest BCUT2D eigenvalue weighted by atomic mass is 32.1. The number of aryl methyl sites for hydroxylation is 2. The maximum atomic E-state index is 4.41. The third kappa shape index (κ3) is 2.99. The van der Waals surface area contributed by atoms with Gasteiger partial charge >= 0.3 is 0 Å². The van der Waals surface area contributed by atoms with E-state index in [-0.39, 0.29) is 0 Å². The van der Waals surface area contributed by atoms with Gasteiger partial charge in [0.1, 0.15) is 0 Å². The Kier molecular flexibility index (Phi) is 3.72. The molecule has 0 radical (unpaired) electrons. The van der Waals surface area contributed by atoms with Crippen molar-refractivity contribution in [3.8, 4) is 0 Å². The van der Waals surface area contributed by atoms with Gasteiger partial charge in [0.25, 0.3) is 0 Å². The largest absolute Gasteiger partial charge is 0.365 e. The molecule has 3 heteroatoms. The fourth-order valence-corrected chi connectivity index (χ4v) is 2.12. The van der Waals surface area contributed by atoms with Gasteiger partial charge in [0.05, 0.1) is 5.69 Å². The van der Waals surface area contributed by atoms with Crippen molar-refractivity contribution in [1.29, 1.82) is 0 Å². The normalized spacial score (nSPS) is 10.8. The highest BCUT2D eigenvalue weighted by molar-refractivity contribution is 7.15. The van der Waals surface area contributed by atoms with Crippen LogP contribution in [0.2, 0.25) is 0 Å². The van der Waals surface area contributed by atoms with E-state index in [0.29, 0.717) is 0 Å². The van der Waals surface area contributed by atoms with Crippen molar-refractivity contribution < 1.29 is 0 Å². The monoisotopic (exact) mass is 198 g/mol. The molecule has 0 bridgehead atoms. The first-order valence-electron chi connectivity index (χ1n) is 4.77. The van der Waals surface area contributed by atoms with Gasteiger partial charge in [-0.15, -0.1) is 11.3 Å². The quantitative estimate of drug-likeness (QED) is 0.804. The summed E-state index contributed by atoms with van der Waals surface area (Å²) in [6, 6.07) is 0. The van der Waals surface area contributed by atoms with Crippen molar-refractivity contribution in [1.82, 2.24) is 4.98 Å². The van der Waals surface area contributed by atoms with Crippen molar-refractivity contribution in [2.24, 2.45) is 5.92 Å². The third-order valence-electron chi connectivity index (χ3n) is 2.06. The smallest absolute Gasteiger partial charge is 0.182 e. The van der Waals surface area contributed by atoms with Gasteiger partial charge in [-0.05, 0) is 25.7 Å². The van der Waals surface area contributed by atoms with Crippen molar-refractivity contribution >= 4 is 16.5 Å². The molecule has 0 saturated heterocycles. The molecule has 0 aliphatic heterocycles. The standard InChI is InChI=1S/C10H18N2S/c1-7(2)5-6-9-8(3)12-10(11-4)13-9/h7H,5-6H2,1-4H3,(H,11,12). The lowest BCUT2D eigenvalue weighted by Crippen LogP contribution is -1.91. The first kappa shape index (κ1) is 10.5. The van der Waals surface area contributed by atoms with Gasteiger partial charge in [-0.25, -0.2) is 4.98 Å². The summed E-state index contributed by atoms with van der Waals surface area (Å²) in [7, 11) is 1.92. The second-order valence-corrected chi connectivity index (χ2v) is 4.79. The zero-order valence-electron chi connectivity index (χ0n) is 8.85. The van der Waals surface area contributed by atoms with Gasteiger partial charge in [-0.2, -0.15) is 0 Å². The molecular formula is C10H18N2S. The lowest BCUT2D eigenvalue weighted by molar-refractivity contribution is 0.588. The van der Waals surface area contributed by atoms with Crippen LogP contribution in [0.15, 0.2) is 0 Å². The van der Waals surface area contributed by atoms with Gasteiger partial charge in [-0.3, -0.25) is 0 Å². The number of hydrogen-bond acceptors (Lipinski definition) is 3. The lowest BCUT2D eigenvalue weighted by atomic mass is 10.1. The molecule has 13 heavy (non-hydrogen) atoms. The molecule has 0 fully saturated rings. The van der Waals surface area contributed by atoms with Crippen LogP contribution in [0.5, 0.6) is 0 Å². The third-order valence-corrected chi connectivity index (χ3v) is 3.29. The molecule has 1 aromatic rings. The topological polar surface area (TPSA) is 24.9 Å². The minimum Gasteiger partial charge on any atom is -0.365 e. The Morgan fingerprint density at radius 2 is 2.15 bits per heavy atom. The van der Waals surface area contributed by atoms with E-state index in [1.807, 2.05) is 7.05 Å². The number of nitrogens with one attached hydrogen (secondary N) is 1. The summed E-state index contributed by atoms with van der Waals surface area (Å²) >= 11 is 1.78. The van der Waals surface area contributed by atoms with Gasteiger partial charge in [0.2, 0.25) is 0 Å². The van der Waals surface area contributed by atoms with E-state index in [4.69, 9.17) is 0 Å². The Labute approximate surface area is 84.4 Å². The molecule has 0 aromatic carbocycles. The second kappa shape index (κ2) is 4.61. The molecule has 1 heterocycles. The maximum absolute atomic E-state index is 4.41. The summed E-state index contributed by atoms with van der Waals surface area (Å²) in [4.78, 5) is 5.84. The van der Waals surface area contributed by atoms with Crippen molar-refractivity contribution in [3.05, 3.63) is 10.6 Å². The molecule has 2 nitrogen and oxygen atoms in total. The molecule has 0 unspecified atom stereocenters. The van der Waals surface area contributed by atoms with Gasteiger partial charge in [0.15, 0.2) is 5.13 Å². The summed E-state index contributed by atoms with van der Waals surface area (Å²) in [5.74, 6) is 0.777. The van der Waals surface area contributed by atoms with E-state index < -0.39 is 0 Å². The minimum absolute atomic E-state index is 0.777.